The molecule has 0 saturated heterocycles. The lowest BCUT2D eigenvalue weighted by atomic mass is 10.1. The lowest BCUT2D eigenvalue weighted by Gasteiger charge is -2.18. The van der Waals surface area contributed by atoms with E-state index in [4.69, 9.17) is 16.9 Å². The minimum absolute atomic E-state index is 0.0277. The summed E-state index contributed by atoms with van der Waals surface area (Å²) in [5.41, 5.74) is 1.98. The van der Waals surface area contributed by atoms with E-state index in [1.54, 1.807) is 55.6 Å². The normalized spacial score (nSPS) is 10.8. The number of amides is 1. The van der Waals surface area contributed by atoms with Crippen LogP contribution in [0.25, 0.3) is 0 Å². The third-order valence-electron chi connectivity index (χ3n) is 4.32. The quantitative estimate of drug-likeness (QED) is 0.620. The number of hydrogen-bond acceptors (Lipinski definition) is 4. The number of nitrogens with zero attached hydrogens (tertiary/aromatic N) is 2. The molecule has 3 aromatic carbocycles. The average Bonchev–Trinajstić information content (AvgIpc) is 2.73. The molecule has 3 rings (SSSR count). The SMILES string of the molecule is CN(Cc1ccc(C#N)cc1)C(=O)c1cccc(S(=O)(=O)Nc2cccc(Cl)c2)c1. The fourth-order valence-corrected chi connectivity index (χ4v) is 4.10. The van der Waals surface area contributed by atoms with Crippen molar-refractivity contribution in [3.63, 3.8) is 0 Å². The summed E-state index contributed by atoms with van der Waals surface area (Å²) in [7, 11) is -2.26. The van der Waals surface area contributed by atoms with Gasteiger partial charge < -0.3 is 4.90 Å². The number of hydrogen-bond donors (Lipinski definition) is 1. The van der Waals surface area contributed by atoms with Crippen LogP contribution < -0.4 is 4.72 Å². The number of carbonyl (C=O) groups is 1. The minimum atomic E-state index is -3.89. The van der Waals surface area contributed by atoms with E-state index in [1.165, 1.54) is 29.2 Å². The molecule has 0 unspecified atom stereocenters. The van der Waals surface area contributed by atoms with E-state index >= 15 is 0 Å². The van der Waals surface area contributed by atoms with Crippen LogP contribution in [0.1, 0.15) is 21.5 Å². The summed E-state index contributed by atoms with van der Waals surface area (Å²) in [6, 6.07) is 21.2. The Labute approximate surface area is 180 Å². The van der Waals surface area contributed by atoms with Crippen LogP contribution in [0.4, 0.5) is 5.69 Å². The van der Waals surface area contributed by atoms with Crippen molar-refractivity contribution < 1.29 is 13.2 Å². The Morgan fingerprint density at radius 1 is 1.07 bits per heavy atom. The van der Waals surface area contributed by atoms with Crippen LogP contribution in [0.5, 0.6) is 0 Å². The van der Waals surface area contributed by atoms with Gasteiger partial charge in [-0.1, -0.05) is 35.9 Å². The third kappa shape index (κ3) is 5.17. The van der Waals surface area contributed by atoms with Crippen molar-refractivity contribution >= 4 is 33.2 Å². The van der Waals surface area contributed by atoms with Crippen molar-refractivity contribution in [1.82, 2.24) is 4.90 Å². The van der Waals surface area contributed by atoms with Crippen molar-refractivity contribution in [2.75, 3.05) is 11.8 Å². The smallest absolute Gasteiger partial charge is 0.261 e. The number of halogens is 1. The van der Waals surface area contributed by atoms with Crippen molar-refractivity contribution in [3.8, 4) is 6.07 Å². The van der Waals surface area contributed by atoms with Gasteiger partial charge in [0.2, 0.25) is 0 Å². The van der Waals surface area contributed by atoms with Crippen LogP contribution in [-0.2, 0) is 16.6 Å². The van der Waals surface area contributed by atoms with Gasteiger partial charge in [0.05, 0.1) is 22.2 Å². The van der Waals surface area contributed by atoms with Crippen molar-refractivity contribution in [2.24, 2.45) is 0 Å². The van der Waals surface area contributed by atoms with Crippen LogP contribution in [-0.4, -0.2) is 26.3 Å². The van der Waals surface area contributed by atoms with Gasteiger partial charge in [-0.3, -0.25) is 9.52 Å². The highest BCUT2D eigenvalue weighted by molar-refractivity contribution is 7.92. The Morgan fingerprint density at radius 2 is 1.77 bits per heavy atom. The molecule has 3 aromatic rings. The summed E-state index contributed by atoms with van der Waals surface area (Å²) in [5.74, 6) is -0.320. The van der Waals surface area contributed by atoms with Gasteiger partial charge in [0, 0.05) is 24.2 Å². The minimum Gasteiger partial charge on any atom is -0.337 e. The highest BCUT2D eigenvalue weighted by Crippen LogP contribution is 2.21. The summed E-state index contributed by atoms with van der Waals surface area (Å²) in [5, 5.41) is 9.28. The summed E-state index contributed by atoms with van der Waals surface area (Å²) >= 11 is 5.90. The third-order valence-corrected chi connectivity index (χ3v) is 5.93. The van der Waals surface area contributed by atoms with E-state index in [1.807, 2.05) is 6.07 Å². The summed E-state index contributed by atoms with van der Waals surface area (Å²) in [6.07, 6.45) is 0. The predicted octanol–water partition coefficient (Wildman–Crippen LogP) is 4.28. The second kappa shape index (κ2) is 8.99. The number of nitriles is 1. The first-order valence-electron chi connectivity index (χ1n) is 8.91. The molecule has 1 amide bonds. The topological polar surface area (TPSA) is 90.3 Å². The Morgan fingerprint density at radius 3 is 2.43 bits per heavy atom. The van der Waals surface area contributed by atoms with E-state index in [0.717, 1.165) is 5.56 Å². The first-order chi connectivity index (χ1) is 14.3. The number of anilines is 1. The van der Waals surface area contributed by atoms with Gasteiger partial charge in [0.25, 0.3) is 15.9 Å². The lowest BCUT2D eigenvalue weighted by molar-refractivity contribution is 0.0785. The average molecular weight is 440 g/mol. The maximum absolute atomic E-state index is 12.8. The van der Waals surface area contributed by atoms with Crippen molar-refractivity contribution in [1.29, 1.82) is 5.26 Å². The number of nitrogens with one attached hydrogen (secondary N) is 1. The van der Waals surface area contributed by atoms with Gasteiger partial charge >= 0.3 is 0 Å². The molecule has 0 aliphatic heterocycles. The monoisotopic (exact) mass is 439 g/mol. The highest BCUT2D eigenvalue weighted by Gasteiger charge is 2.18. The molecule has 0 radical (unpaired) electrons. The lowest BCUT2D eigenvalue weighted by Crippen LogP contribution is -2.26. The van der Waals surface area contributed by atoms with Crippen LogP contribution in [0.3, 0.4) is 0 Å². The Bertz CT molecular complexity index is 1220. The molecule has 30 heavy (non-hydrogen) atoms. The molecule has 0 spiro atoms. The molecule has 0 bridgehead atoms. The van der Waals surface area contributed by atoms with E-state index in [2.05, 4.69) is 4.72 Å². The highest BCUT2D eigenvalue weighted by atomic mass is 35.5. The van der Waals surface area contributed by atoms with E-state index in [9.17, 15) is 13.2 Å². The zero-order chi connectivity index (χ0) is 21.7. The van der Waals surface area contributed by atoms with Crippen molar-refractivity contribution in [2.45, 2.75) is 11.4 Å². The van der Waals surface area contributed by atoms with Gasteiger partial charge in [0.1, 0.15) is 0 Å². The number of benzene rings is 3. The van der Waals surface area contributed by atoms with Gasteiger partial charge in [0.15, 0.2) is 0 Å². The summed E-state index contributed by atoms with van der Waals surface area (Å²) < 4.78 is 27.9. The Kier molecular flexibility index (Phi) is 6.40. The van der Waals surface area contributed by atoms with Gasteiger partial charge in [-0.15, -0.1) is 0 Å². The van der Waals surface area contributed by atoms with E-state index < -0.39 is 10.0 Å². The molecule has 1 N–H and O–H groups in total. The van der Waals surface area contributed by atoms with E-state index in [0.29, 0.717) is 22.8 Å². The standard InChI is InChI=1S/C22H18ClN3O3S/c1-26(15-17-10-8-16(14-24)9-11-17)22(27)18-4-2-7-21(12-18)30(28,29)25-20-6-3-5-19(23)13-20/h2-13,25H,15H2,1H3. The van der Waals surface area contributed by atoms with Crippen LogP contribution in [0, 0.1) is 11.3 Å². The maximum Gasteiger partial charge on any atom is 0.261 e. The molecular weight excluding hydrogens is 422 g/mol. The van der Waals surface area contributed by atoms with Crippen LogP contribution in [0.2, 0.25) is 5.02 Å². The summed E-state index contributed by atoms with van der Waals surface area (Å²) in [6.45, 7) is 0.322. The number of sulfonamides is 1. The largest absolute Gasteiger partial charge is 0.337 e. The van der Waals surface area contributed by atoms with Gasteiger partial charge in [-0.05, 0) is 54.1 Å². The number of rotatable bonds is 6. The Balaban J connectivity index is 1.77. The molecule has 0 fully saturated rings. The first-order valence-corrected chi connectivity index (χ1v) is 10.8. The predicted molar refractivity (Wildman–Crippen MR) is 116 cm³/mol. The number of carbonyl (C=O) groups excluding carboxylic acids is 1. The molecule has 8 heteroatoms. The fraction of sp³-hybridized carbons (Fsp3) is 0.0909. The molecule has 0 aliphatic carbocycles. The Hall–Kier alpha value is -3.34. The molecular formula is C22H18ClN3O3S. The molecule has 152 valence electrons. The fourth-order valence-electron chi connectivity index (χ4n) is 2.81. The van der Waals surface area contributed by atoms with Gasteiger partial charge in [-0.25, -0.2) is 8.42 Å². The molecule has 0 heterocycles. The molecule has 0 atom stereocenters. The first kappa shape index (κ1) is 21.4. The second-order valence-electron chi connectivity index (χ2n) is 6.61. The zero-order valence-corrected chi connectivity index (χ0v) is 17.6. The van der Waals surface area contributed by atoms with E-state index in [-0.39, 0.29) is 16.4 Å². The van der Waals surface area contributed by atoms with Crippen LogP contribution in [0.15, 0.2) is 77.7 Å². The van der Waals surface area contributed by atoms with Crippen LogP contribution >= 0.6 is 11.6 Å². The second-order valence-corrected chi connectivity index (χ2v) is 8.73. The zero-order valence-electron chi connectivity index (χ0n) is 16.0. The van der Waals surface area contributed by atoms with Crippen molar-refractivity contribution in [3.05, 3.63) is 94.5 Å². The van der Waals surface area contributed by atoms with Gasteiger partial charge in [-0.2, -0.15) is 5.26 Å². The molecule has 0 aromatic heterocycles. The maximum atomic E-state index is 12.8. The molecule has 0 saturated carbocycles. The molecule has 6 nitrogen and oxygen atoms in total. The molecule has 0 aliphatic rings. The summed E-state index contributed by atoms with van der Waals surface area (Å²) in [4.78, 5) is 14.3.